The van der Waals surface area contributed by atoms with Gasteiger partial charge in [0.15, 0.2) is 0 Å². The predicted octanol–water partition coefficient (Wildman–Crippen LogP) is 5.62. The fraction of sp³-hybridized carbons (Fsp3) is 0.600. The summed E-state index contributed by atoms with van der Waals surface area (Å²) in [4.78, 5) is 0.390. The number of benzene rings is 1. The van der Waals surface area contributed by atoms with Gasteiger partial charge in [-0.25, -0.2) is 4.39 Å². The van der Waals surface area contributed by atoms with Crippen LogP contribution in [-0.2, 0) is 0 Å². The van der Waals surface area contributed by atoms with Crippen molar-refractivity contribution in [1.29, 1.82) is 0 Å². The van der Waals surface area contributed by atoms with Crippen molar-refractivity contribution in [3.8, 4) is 0 Å². The van der Waals surface area contributed by atoms with Gasteiger partial charge in [-0.15, -0.1) is 0 Å². The van der Waals surface area contributed by atoms with E-state index < -0.39 is 0 Å². The van der Waals surface area contributed by atoms with Gasteiger partial charge in [0.1, 0.15) is 5.82 Å². The zero-order chi connectivity index (χ0) is 12.1. The van der Waals surface area contributed by atoms with E-state index in [4.69, 9.17) is 0 Å². The van der Waals surface area contributed by atoms with E-state index in [1.807, 2.05) is 12.1 Å². The minimum atomic E-state index is -0.147. The predicted molar refractivity (Wildman–Crippen MR) is 73.9 cm³/mol. The Morgan fingerprint density at radius 2 is 1.47 bits per heavy atom. The summed E-state index contributed by atoms with van der Waals surface area (Å²) >= 11 is 3.81. The maximum Gasteiger partial charge on any atom is 0.123 e. The third-order valence-corrected chi connectivity index (χ3v) is 5.03. The molecule has 1 aliphatic carbocycles. The summed E-state index contributed by atoms with van der Waals surface area (Å²) in [5, 5.41) is 0. The van der Waals surface area contributed by atoms with E-state index >= 15 is 0 Å². The molecule has 0 radical (unpaired) electrons. The molecule has 0 N–H and O–H groups in total. The molecule has 1 aromatic rings. The lowest BCUT2D eigenvalue weighted by Gasteiger charge is -2.25. The topological polar surface area (TPSA) is 0 Å². The van der Waals surface area contributed by atoms with Crippen molar-refractivity contribution in [3.05, 3.63) is 35.6 Å². The molecule has 0 bridgehead atoms. The normalized spacial score (nSPS) is 20.6. The van der Waals surface area contributed by atoms with Crippen LogP contribution in [0.4, 0.5) is 4.39 Å². The van der Waals surface area contributed by atoms with Crippen LogP contribution < -0.4 is 0 Å². The molecule has 0 saturated heterocycles. The molecule has 0 aromatic heterocycles. The second kappa shape index (κ2) is 6.53. The number of hydrogen-bond donors (Lipinski definition) is 0. The first-order valence-corrected chi connectivity index (χ1v) is 7.58. The first-order valence-electron chi connectivity index (χ1n) is 6.67. The molecule has 2 heteroatoms. The quantitative estimate of drug-likeness (QED) is 0.621. The maximum atomic E-state index is 12.9. The molecule has 1 saturated carbocycles. The Hall–Kier alpha value is -0.370. The third kappa shape index (κ3) is 3.80. The van der Waals surface area contributed by atoms with Gasteiger partial charge in [-0.05, 0) is 36.5 Å². The first kappa shape index (κ1) is 13.1. The molecule has 1 aromatic carbocycles. The Morgan fingerprint density at radius 3 is 2.06 bits per heavy atom. The summed E-state index contributed by atoms with van der Waals surface area (Å²) in [5.41, 5.74) is 1.22. The summed E-state index contributed by atoms with van der Waals surface area (Å²) < 4.78 is 12.9. The van der Waals surface area contributed by atoms with E-state index in [0.717, 1.165) is 0 Å². The number of rotatable bonds is 2. The van der Waals surface area contributed by atoms with E-state index in [1.54, 1.807) is 12.1 Å². The van der Waals surface area contributed by atoms with Crippen LogP contribution in [0.15, 0.2) is 24.3 Å². The molecule has 17 heavy (non-hydrogen) atoms. The lowest BCUT2D eigenvalue weighted by atomic mass is 9.86. The summed E-state index contributed by atoms with van der Waals surface area (Å²) in [6.07, 6.45) is 9.43. The minimum Gasteiger partial charge on any atom is -0.207 e. The van der Waals surface area contributed by atoms with Gasteiger partial charge in [0.2, 0.25) is 0 Å². The van der Waals surface area contributed by atoms with Crippen LogP contribution in [0.3, 0.4) is 0 Å². The Labute approximate surface area is 112 Å². The largest absolute Gasteiger partial charge is 0.207 e. The van der Waals surface area contributed by atoms with Gasteiger partial charge in [-0.3, -0.25) is 0 Å². The Balaban J connectivity index is 2.01. The van der Waals surface area contributed by atoms with Crippen molar-refractivity contribution in [3.63, 3.8) is 0 Å². The lowest BCUT2D eigenvalue weighted by molar-refractivity contribution is 0.374. The molecule has 94 valence electrons. The summed E-state index contributed by atoms with van der Waals surface area (Å²) in [7, 11) is 0. The average Bonchev–Trinajstić information content (AvgIpc) is 2.29. The highest BCUT2D eigenvalue weighted by Crippen LogP contribution is 2.38. The zero-order valence-corrected chi connectivity index (χ0v) is 11.8. The summed E-state index contributed by atoms with van der Waals surface area (Å²) in [5.74, 6) is 0.562. The van der Waals surface area contributed by atoms with E-state index in [-0.39, 0.29) is 5.82 Å². The molecular weight excluding hydrogens is 279 g/mol. The molecule has 0 heterocycles. The van der Waals surface area contributed by atoms with E-state index in [0.29, 0.717) is 10.7 Å². The van der Waals surface area contributed by atoms with Crippen molar-refractivity contribution >= 4 is 15.9 Å². The van der Waals surface area contributed by atoms with Crippen LogP contribution in [0.5, 0.6) is 0 Å². The second-order valence-corrected chi connectivity index (χ2v) is 6.05. The van der Waals surface area contributed by atoms with Crippen LogP contribution >= 0.6 is 15.9 Å². The SMILES string of the molecule is Fc1ccc(C(Br)C2CCCCCCC2)cc1. The molecule has 1 fully saturated rings. The van der Waals surface area contributed by atoms with Gasteiger partial charge in [0.25, 0.3) is 0 Å². The van der Waals surface area contributed by atoms with Crippen LogP contribution in [-0.4, -0.2) is 0 Å². The van der Waals surface area contributed by atoms with E-state index in [1.165, 1.54) is 50.5 Å². The van der Waals surface area contributed by atoms with Gasteiger partial charge in [-0.1, -0.05) is 60.2 Å². The maximum absolute atomic E-state index is 12.9. The number of alkyl halides is 1. The van der Waals surface area contributed by atoms with Crippen LogP contribution in [0.2, 0.25) is 0 Å². The molecule has 1 unspecified atom stereocenters. The second-order valence-electron chi connectivity index (χ2n) is 5.06. The molecule has 0 amide bonds. The van der Waals surface area contributed by atoms with Crippen LogP contribution in [0.25, 0.3) is 0 Å². The molecule has 0 aliphatic heterocycles. The van der Waals surface area contributed by atoms with Crippen LogP contribution in [0.1, 0.15) is 55.3 Å². The molecule has 1 atom stereocenters. The van der Waals surface area contributed by atoms with Crippen molar-refractivity contribution < 1.29 is 4.39 Å². The molecule has 1 aliphatic rings. The van der Waals surface area contributed by atoms with Crippen molar-refractivity contribution in [1.82, 2.24) is 0 Å². The fourth-order valence-electron chi connectivity index (χ4n) is 2.70. The van der Waals surface area contributed by atoms with Crippen molar-refractivity contribution in [2.45, 2.75) is 49.8 Å². The lowest BCUT2D eigenvalue weighted by Crippen LogP contribution is -2.10. The highest BCUT2D eigenvalue weighted by Gasteiger charge is 2.21. The van der Waals surface area contributed by atoms with E-state index in [2.05, 4.69) is 15.9 Å². The van der Waals surface area contributed by atoms with Crippen LogP contribution in [0, 0.1) is 11.7 Å². The molecule has 0 spiro atoms. The highest BCUT2D eigenvalue weighted by molar-refractivity contribution is 9.09. The first-order chi connectivity index (χ1) is 8.27. The Bertz CT molecular complexity index is 325. The Morgan fingerprint density at radius 1 is 0.941 bits per heavy atom. The summed E-state index contributed by atoms with van der Waals surface area (Å²) in [6.45, 7) is 0. The molecule has 0 nitrogen and oxygen atoms in total. The third-order valence-electron chi connectivity index (χ3n) is 3.75. The van der Waals surface area contributed by atoms with Gasteiger partial charge < -0.3 is 0 Å². The minimum absolute atomic E-state index is 0.147. The van der Waals surface area contributed by atoms with Gasteiger partial charge >= 0.3 is 0 Å². The zero-order valence-electron chi connectivity index (χ0n) is 10.2. The van der Waals surface area contributed by atoms with Gasteiger partial charge in [0, 0.05) is 4.83 Å². The standard InChI is InChI=1S/C15H20BrF/c16-15(13-8-10-14(17)11-9-13)12-6-4-2-1-3-5-7-12/h8-12,15H,1-7H2. The number of halogens is 2. The van der Waals surface area contributed by atoms with Crippen molar-refractivity contribution in [2.75, 3.05) is 0 Å². The van der Waals surface area contributed by atoms with Gasteiger partial charge in [-0.2, -0.15) is 0 Å². The van der Waals surface area contributed by atoms with Gasteiger partial charge in [0.05, 0.1) is 0 Å². The Kier molecular flexibility index (Phi) is 5.02. The highest BCUT2D eigenvalue weighted by atomic mass is 79.9. The molecular formula is C15H20BrF. The summed E-state index contributed by atoms with van der Waals surface area (Å²) in [6, 6.07) is 6.94. The van der Waals surface area contributed by atoms with Crippen molar-refractivity contribution in [2.24, 2.45) is 5.92 Å². The van der Waals surface area contributed by atoms with E-state index in [9.17, 15) is 4.39 Å². The monoisotopic (exact) mass is 298 g/mol. The average molecular weight is 299 g/mol. The number of hydrogen-bond acceptors (Lipinski definition) is 0. The molecule has 2 rings (SSSR count). The smallest absolute Gasteiger partial charge is 0.123 e. The fourth-order valence-corrected chi connectivity index (χ4v) is 3.53.